The van der Waals surface area contributed by atoms with Gasteiger partial charge in [-0.2, -0.15) is 0 Å². The summed E-state index contributed by atoms with van der Waals surface area (Å²) in [6.07, 6.45) is 13.4. The number of allylic oxidation sites excluding steroid dienone is 2. The molecule has 4 rings (SSSR count). The van der Waals surface area contributed by atoms with Gasteiger partial charge in [0.2, 0.25) is 0 Å². The maximum Gasteiger partial charge on any atom is 0.253 e. The van der Waals surface area contributed by atoms with E-state index in [1.54, 1.807) is 4.90 Å². The number of pyridine rings is 1. The molecular formula is C25H31N5O. The van der Waals surface area contributed by atoms with Crippen LogP contribution in [0.15, 0.2) is 61.1 Å². The van der Waals surface area contributed by atoms with Crippen molar-refractivity contribution in [3.05, 3.63) is 72.2 Å². The van der Waals surface area contributed by atoms with Crippen LogP contribution in [0.25, 0.3) is 16.7 Å². The zero-order valence-corrected chi connectivity index (χ0v) is 18.1. The predicted octanol–water partition coefficient (Wildman–Crippen LogP) is 2.92. The monoisotopic (exact) mass is 417 g/mol. The fourth-order valence-electron chi connectivity index (χ4n) is 4.37. The highest BCUT2D eigenvalue weighted by Gasteiger charge is 2.32. The van der Waals surface area contributed by atoms with Gasteiger partial charge in [0.15, 0.2) is 0 Å². The molecule has 6 heteroatoms. The Morgan fingerprint density at radius 2 is 1.87 bits per heavy atom. The molecule has 6 nitrogen and oxygen atoms in total. The molecule has 1 aliphatic heterocycles. The molecule has 0 unspecified atom stereocenters. The van der Waals surface area contributed by atoms with Gasteiger partial charge in [0.05, 0.1) is 0 Å². The molecule has 0 radical (unpaired) electrons. The summed E-state index contributed by atoms with van der Waals surface area (Å²) in [5, 5.41) is 3.16. The molecule has 0 atom stereocenters. The third-order valence-corrected chi connectivity index (χ3v) is 6.28. The number of nitrogens with zero attached hydrogens (tertiary/aromatic N) is 2. The SMILES string of the molecule is CN(CC1(N)CCC(N)CC1)C(=O)c1ccc(-c2cncc(C3=CCNC=C3)c2)cc1. The van der Waals surface area contributed by atoms with Crippen molar-refractivity contribution in [2.45, 2.75) is 37.3 Å². The summed E-state index contributed by atoms with van der Waals surface area (Å²) < 4.78 is 0. The maximum atomic E-state index is 12.9. The zero-order chi connectivity index (χ0) is 21.8. The van der Waals surface area contributed by atoms with Crippen LogP contribution in [0.3, 0.4) is 0 Å². The summed E-state index contributed by atoms with van der Waals surface area (Å²) in [6, 6.07) is 10.1. The normalized spacial score (nSPS) is 23.1. The van der Waals surface area contributed by atoms with Gasteiger partial charge in [0, 0.05) is 60.8 Å². The van der Waals surface area contributed by atoms with E-state index in [0.717, 1.165) is 54.5 Å². The largest absolute Gasteiger partial charge is 0.387 e. The van der Waals surface area contributed by atoms with E-state index in [1.807, 2.05) is 56.0 Å². The lowest BCUT2D eigenvalue weighted by molar-refractivity contribution is 0.0738. The Morgan fingerprint density at radius 1 is 1.16 bits per heavy atom. The van der Waals surface area contributed by atoms with Crippen molar-refractivity contribution in [3.63, 3.8) is 0 Å². The fraction of sp³-hybridized carbons (Fsp3) is 0.360. The van der Waals surface area contributed by atoms with E-state index in [-0.39, 0.29) is 17.5 Å². The van der Waals surface area contributed by atoms with Gasteiger partial charge in [-0.05, 0) is 67.3 Å². The standard InChI is InChI=1S/C25H31N5O/c1-30(17-25(27)10-6-23(26)7-11-25)24(31)20-4-2-18(3-5-20)21-14-22(16-29-15-21)19-8-12-28-13-9-19/h2-5,8-9,12,14-16,23,28H,6-7,10-11,13,17,26-27H2,1H3. The van der Waals surface area contributed by atoms with Gasteiger partial charge in [0.25, 0.3) is 5.91 Å². The summed E-state index contributed by atoms with van der Waals surface area (Å²) >= 11 is 0. The number of carbonyl (C=O) groups excluding carboxylic acids is 1. The number of rotatable bonds is 5. The molecule has 1 amide bonds. The number of carbonyl (C=O) groups is 1. The Morgan fingerprint density at radius 3 is 2.55 bits per heavy atom. The second-order valence-corrected chi connectivity index (χ2v) is 8.80. The van der Waals surface area contributed by atoms with Crippen molar-refractivity contribution < 1.29 is 4.79 Å². The van der Waals surface area contributed by atoms with E-state index in [4.69, 9.17) is 11.5 Å². The Balaban J connectivity index is 1.45. The van der Waals surface area contributed by atoms with Gasteiger partial charge in [-0.3, -0.25) is 9.78 Å². The number of nitrogens with two attached hydrogens (primary N) is 2. The molecule has 162 valence electrons. The third kappa shape index (κ3) is 5.03. The van der Waals surface area contributed by atoms with Crippen molar-refractivity contribution in [2.24, 2.45) is 11.5 Å². The lowest BCUT2D eigenvalue weighted by Crippen LogP contribution is -2.54. The molecule has 2 heterocycles. The quantitative estimate of drug-likeness (QED) is 0.695. The summed E-state index contributed by atoms with van der Waals surface area (Å²) in [5.41, 5.74) is 17.2. The van der Waals surface area contributed by atoms with E-state index < -0.39 is 0 Å². The first-order valence-electron chi connectivity index (χ1n) is 10.9. The number of amides is 1. The van der Waals surface area contributed by atoms with Crippen LogP contribution in [0.2, 0.25) is 0 Å². The van der Waals surface area contributed by atoms with Gasteiger partial charge >= 0.3 is 0 Å². The highest BCUT2D eigenvalue weighted by molar-refractivity contribution is 5.94. The van der Waals surface area contributed by atoms with Crippen molar-refractivity contribution in [2.75, 3.05) is 20.1 Å². The van der Waals surface area contributed by atoms with Crippen LogP contribution in [0.5, 0.6) is 0 Å². The Bertz CT molecular complexity index is 987. The molecule has 0 bridgehead atoms. The Labute approximate surface area is 184 Å². The number of likely N-dealkylation sites (N-methyl/N-ethyl adjacent to an activating group) is 1. The molecule has 0 spiro atoms. The first-order chi connectivity index (χ1) is 14.9. The summed E-state index contributed by atoms with van der Waals surface area (Å²) in [5.74, 6) is -0.0110. The van der Waals surface area contributed by atoms with E-state index in [0.29, 0.717) is 12.1 Å². The number of nitrogens with one attached hydrogen (secondary N) is 1. The van der Waals surface area contributed by atoms with Gasteiger partial charge in [-0.1, -0.05) is 18.2 Å². The summed E-state index contributed by atoms with van der Waals surface area (Å²) in [7, 11) is 1.83. The number of hydrogen-bond acceptors (Lipinski definition) is 5. The molecule has 1 aliphatic carbocycles. The summed E-state index contributed by atoms with van der Waals surface area (Å²) in [4.78, 5) is 19.1. The third-order valence-electron chi connectivity index (χ3n) is 6.28. The van der Waals surface area contributed by atoms with Crippen LogP contribution in [-0.2, 0) is 0 Å². The van der Waals surface area contributed by atoms with Gasteiger partial charge in [-0.15, -0.1) is 0 Å². The first kappa shape index (κ1) is 21.3. The van der Waals surface area contributed by atoms with Crippen molar-refractivity contribution >= 4 is 11.5 Å². The number of aromatic nitrogens is 1. The number of dihydropyridines is 1. The van der Waals surface area contributed by atoms with E-state index in [2.05, 4.69) is 22.4 Å². The molecule has 1 fully saturated rings. The number of benzene rings is 1. The van der Waals surface area contributed by atoms with E-state index in [9.17, 15) is 4.79 Å². The van der Waals surface area contributed by atoms with Crippen molar-refractivity contribution in [1.29, 1.82) is 0 Å². The molecular weight excluding hydrogens is 386 g/mol. The average molecular weight is 418 g/mol. The van der Waals surface area contributed by atoms with Crippen molar-refractivity contribution in [3.8, 4) is 11.1 Å². The maximum absolute atomic E-state index is 12.9. The predicted molar refractivity (Wildman–Crippen MR) is 125 cm³/mol. The van der Waals surface area contributed by atoms with Crippen LogP contribution in [0.1, 0.15) is 41.6 Å². The smallest absolute Gasteiger partial charge is 0.253 e. The number of hydrogen-bond donors (Lipinski definition) is 3. The molecule has 1 aromatic heterocycles. The van der Waals surface area contributed by atoms with Crippen molar-refractivity contribution in [1.82, 2.24) is 15.2 Å². The average Bonchev–Trinajstić information content (AvgIpc) is 2.81. The first-order valence-corrected chi connectivity index (χ1v) is 10.9. The molecule has 0 saturated heterocycles. The molecule has 2 aromatic rings. The van der Waals surface area contributed by atoms with E-state index in [1.165, 1.54) is 0 Å². The zero-order valence-electron chi connectivity index (χ0n) is 18.1. The summed E-state index contributed by atoms with van der Waals surface area (Å²) in [6.45, 7) is 1.36. The highest BCUT2D eigenvalue weighted by atomic mass is 16.2. The fourth-order valence-corrected chi connectivity index (χ4v) is 4.37. The van der Waals surface area contributed by atoms with E-state index >= 15 is 0 Å². The van der Waals surface area contributed by atoms with Crippen LogP contribution < -0.4 is 16.8 Å². The molecule has 31 heavy (non-hydrogen) atoms. The Kier molecular flexibility index (Phi) is 6.20. The van der Waals surface area contributed by atoms with Gasteiger partial charge in [-0.25, -0.2) is 0 Å². The Hall–Kier alpha value is -2.96. The second kappa shape index (κ2) is 9.04. The molecule has 1 aromatic carbocycles. The lowest BCUT2D eigenvalue weighted by Gasteiger charge is -2.38. The lowest BCUT2D eigenvalue weighted by atomic mass is 9.80. The molecule has 2 aliphatic rings. The molecule has 5 N–H and O–H groups in total. The van der Waals surface area contributed by atoms with Gasteiger partial charge in [0.1, 0.15) is 0 Å². The van der Waals surface area contributed by atoms with Crippen LogP contribution in [0, 0.1) is 0 Å². The topological polar surface area (TPSA) is 97.3 Å². The minimum atomic E-state index is -0.343. The minimum Gasteiger partial charge on any atom is -0.387 e. The van der Waals surface area contributed by atoms with Crippen LogP contribution in [-0.4, -0.2) is 47.5 Å². The van der Waals surface area contributed by atoms with Crippen LogP contribution in [0.4, 0.5) is 0 Å². The second-order valence-electron chi connectivity index (χ2n) is 8.80. The van der Waals surface area contributed by atoms with Gasteiger partial charge < -0.3 is 21.7 Å². The minimum absolute atomic E-state index is 0.0110. The van der Waals surface area contributed by atoms with Crippen LogP contribution >= 0.6 is 0 Å². The molecule has 1 saturated carbocycles. The highest BCUT2D eigenvalue weighted by Crippen LogP contribution is 2.27.